The van der Waals surface area contributed by atoms with E-state index in [-0.39, 0.29) is 0 Å². The molecule has 0 aliphatic rings. The Balaban J connectivity index is 2.04. The highest BCUT2D eigenvalue weighted by Crippen LogP contribution is 2.31. The van der Waals surface area contributed by atoms with Gasteiger partial charge in [0.15, 0.2) is 0 Å². The second kappa shape index (κ2) is 6.27. The summed E-state index contributed by atoms with van der Waals surface area (Å²) in [5.74, 6) is 1.46. The number of thioether (sulfide) groups is 1. The van der Waals surface area contributed by atoms with Crippen molar-refractivity contribution in [3.05, 3.63) is 46.3 Å². The monoisotopic (exact) mass is 299 g/mol. The number of nitrogens with one attached hydrogen (secondary N) is 1. The zero-order valence-corrected chi connectivity index (χ0v) is 12.0. The number of anilines is 1. The van der Waals surface area contributed by atoms with E-state index < -0.39 is 0 Å². The maximum absolute atomic E-state index is 6.08. The lowest BCUT2D eigenvalue weighted by Crippen LogP contribution is -1.95. The van der Waals surface area contributed by atoms with E-state index in [9.17, 15) is 0 Å². The molecule has 1 aromatic carbocycles. The van der Waals surface area contributed by atoms with Crippen LogP contribution in [0.1, 0.15) is 5.69 Å². The van der Waals surface area contributed by atoms with Crippen LogP contribution in [0.3, 0.4) is 0 Å². The van der Waals surface area contributed by atoms with Gasteiger partial charge in [-0.3, -0.25) is 4.98 Å². The predicted molar refractivity (Wildman–Crippen MR) is 77.6 cm³/mol. The number of hydrogen-bond donors (Lipinski definition) is 1. The maximum atomic E-state index is 6.08. The molecule has 0 radical (unpaired) electrons. The second-order valence-corrected chi connectivity index (χ2v) is 5.37. The third-order valence-electron chi connectivity index (χ3n) is 2.23. The zero-order chi connectivity index (χ0) is 13.0. The van der Waals surface area contributed by atoms with Gasteiger partial charge in [0.2, 0.25) is 0 Å². The Kier molecular flexibility index (Phi) is 4.69. The lowest BCUT2D eigenvalue weighted by Gasteiger charge is -2.05. The van der Waals surface area contributed by atoms with Crippen molar-refractivity contribution in [2.24, 2.45) is 0 Å². The number of nitrogens with zero attached hydrogens (tertiary/aromatic N) is 2. The van der Waals surface area contributed by atoms with Crippen LogP contribution in [-0.4, -0.2) is 17.0 Å². The van der Waals surface area contributed by atoms with Gasteiger partial charge >= 0.3 is 0 Å². The Morgan fingerprint density at radius 2 is 2.06 bits per heavy atom. The first-order valence-corrected chi connectivity index (χ1v) is 6.99. The van der Waals surface area contributed by atoms with Gasteiger partial charge in [0, 0.05) is 22.7 Å². The molecule has 18 heavy (non-hydrogen) atoms. The molecule has 0 spiro atoms. The van der Waals surface area contributed by atoms with Crippen molar-refractivity contribution < 1.29 is 0 Å². The highest BCUT2D eigenvalue weighted by molar-refractivity contribution is 7.98. The van der Waals surface area contributed by atoms with Crippen LogP contribution in [0.5, 0.6) is 0 Å². The largest absolute Gasteiger partial charge is 0.372 e. The van der Waals surface area contributed by atoms with Gasteiger partial charge in [-0.1, -0.05) is 23.2 Å². The molecule has 0 atom stereocenters. The Hall–Kier alpha value is -0.970. The van der Waals surface area contributed by atoms with Gasteiger partial charge in [0.05, 0.1) is 23.1 Å². The summed E-state index contributed by atoms with van der Waals surface area (Å²) in [6, 6.07) is 5.42. The molecule has 1 N–H and O–H groups in total. The smallest absolute Gasteiger partial charge is 0.144 e. The van der Waals surface area contributed by atoms with Gasteiger partial charge in [0.1, 0.15) is 5.82 Å². The number of benzene rings is 1. The SMILES string of the molecule is CNc1cnc(CSc2cc(Cl)ccc2Cl)cn1. The highest BCUT2D eigenvalue weighted by atomic mass is 35.5. The van der Waals surface area contributed by atoms with Crippen LogP contribution in [0.4, 0.5) is 5.82 Å². The van der Waals surface area contributed by atoms with Crippen molar-refractivity contribution in [2.75, 3.05) is 12.4 Å². The molecule has 2 aromatic rings. The van der Waals surface area contributed by atoms with Gasteiger partial charge in [0.25, 0.3) is 0 Å². The standard InChI is InChI=1S/C12H11Cl2N3S/c1-15-12-6-16-9(5-17-12)7-18-11-4-8(13)2-3-10(11)14/h2-6H,7H2,1H3,(H,15,17). The average molecular weight is 300 g/mol. The Morgan fingerprint density at radius 3 is 2.72 bits per heavy atom. The van der Waals surface area contributed by atoms with E-state index in [2.05, 4.69) is 15.3 Å². The van der Waals surface area contributed by atoms with E-state index in [4.69, 9.17) is 23.2 Å². The van der Waals surface area contributed by atoms with Crippen LogP contribution < -0.4 is 5.32 Å². The summed E-state index contributed by atoms with van der Waals surface area (Å²) in [5, 5.41) is 4.30. The molecule has 94 valence electrons. The van der Waals surface area contributed by atoms with E-state index in [0.717, 1.165) is 16.4 Å². The third kappa shape index (κ3) is 3.51. The topological polar surface area (TPSA) is 37.8 Å². The number of hydrogen-bond acceptors (Lipinski definition) is 4. The summed E-state index contributed by atoms with van der Waals surface area (Å²) in [4.78, 5) is 9.45. The molecule has 6 heteroatoms. The van der Waals surface area contributed by atoms with Crippen molar-refractivity contribution in [1.29, 1.82) is 0 Å². The molecule has 0 aliphatic carbocycles. The molecule has 0 aliphatic heterocycles. The van der Waals surface area contributed by atoms with Gasteiger partial charge in [-0.15, -0.1) is 11.8 Å². The van der Waals surface area contributed by atoms with Crippen molar-refractivity contribution in [2.45, 2.75) is 10.6 Å². The van der Waals surface area contributed by atoms with Crippen LogP contribution in [0.15, 0.2) is 35.5 Å². The lowest BCUT2D eigenvalue weighted by atomic mass is 10.4. The predicted octanol–water partition coefficient (Wildman–Crippen LogP) is 4.12. The Labute approximate surface area is 120 Å². The molecular formula is C12H11Cl2N3S. The fourth-order valence-corrected chi connectivity index (χ4v) is 2.68. The van der Waals surface area contributed by atoms with E-state index in [0.29, 0.717) is 15.8 Å². The van der Waals surface area contributed by atoms with Crippen LogP contribution in [-0.2, 0) is 5.75 Å². The molecule has 0 amide bonds. The van der Waals surface area contributed by atoms with Crippen molar-refractivity contribution >= 4 is 40.8 Å². The van der Waals surface area contributed by atoms with Crippen LogP contribution in [0, 0.1) is 0 Å². The molecule has 1 heterocycles. The summed E-state index contributed by atoms with van der Waals surface area (Å²) in [5.41, 5.74) is 0.898. The van der Waals surface area contributed by atoms with Crippen LogP contribution in [0.25, 0.3) is 0 Å². The molecule has 0 saturated carbocycles. The fourth-order valence-electron chi connectivity index (χ4n) is 1.30. The third-order valence-corrected chi connectivity index (χ3v) is 4.00. The minimum atomic E-state index is 0.679. The van der Waals surface area contributed by atoms with E-state index >= 15 is 0 Å². The van der Waals surface area contributed by atoms with Gasteiger partial charge in [-0.05, 0) is 18.2 Å². The maximum Gasteiger partial charge on any atom is 0.144 e. The molecule has 3 nitrogen and oxygen atoms in total. The van der Waals surface area contributed by atoms with Crippen LogP contribution >= 0.6 is 35.0 Å². The average Bonchev–Trinajstić information content (AvgIpc) is 2.40. The normalized spacial score (nSPS) is 10.4. The van der Waals surface area contributed by atoms with Gasteiger partial charge in [-0.25, -0.2) is 4.98 Å². The molecular weight excluding hydrogens is 289 g/mol. The number of aromatic nitrogens is 2. The molecule has 2 rings (SSSR count). The Bertz CT molecular complexity index is 531. The minimum absolute atomic E-state index is 0.679. The summed E-state index contributed by atoms with van der Waals surface area (Å²) in [7, 11) is 1.81. The molecule has 1 aromatic heterocycles. The quantitative estimate of drug-likeness (QED) is 0.862. The van der Waals surface area contributed by atoms with Crippen molar-refractivity contribution in [1.82, 2.24) is 9.97 Å². The van der Waals surface area contributed by atoms with E-state index in [1.165, 1.54) is 0 Å². The molecule has 0 bridgehead atoms. The van der Waals surface area contributed by atoms with Crippen LogP contribution in [0.2, 0.25) is 10.0 Å². The zero-order valence-electron chi connectivity index (χ0n) is 9.65. The lowest BCUT2D eigenvalue weighted by molar-refractivity contribution is 1.10. The number of halogens is 2. The first-order chi connectivity index (χ1) is 8.69. The van der Waals surface area contributed by atoms with Gasteiger partial charge in [-0.2, -0.15) is 0 Å². The summed E-state index contributed by atoms with van der Waals surface area (Å²) in [6.07, 6.45) is 3.45. The molecule has 0 unspecified atom stereocenters. The minimum Gasteiger partial charge on any atom is -0.372 e. The second-order valence-electron chi connectivity index (χ2n) is 3.51. The summed E-state index contributed by atoms with van der Waals surface area (Å²) in [6.45, 7) is 0. The summed E-state index contributed by atoms with van der Waals surface area (Å²) >= 11 is 13.6. The van der Waals surface area contributed by atoms with E-state index in [1.54, 1.807) is 36.3 Å². The first-order valence-electron chi connectivity index (χ1n) is 5.25. The summed E-state index contributed by atoms with van der Waals surface area (Å²) < 4.78 is 0. The molecule has 0 saturated heterocycles. The van der Waals surface area contributed by atoms with E-state index in [1.807, 2.05) is 13.1 Å². The van der Waals surface area contributed by atoms with Crippen molar-refractivity contribution in [3.63, 3.8) is 0 Å². The highest BCUT2D eigenvalue weighted by Gasteiger charge is 2.04. The fraction of sp³-hybridized carbons (Fsp3) is 0.167. The number of rotatable bonds is 4. The van der Waals surface area contributed by atoms with Gasteiger partial charge < -0.3 is 5.32 Å². The molecule has 0 fully saturated rings. The Morgan fingerprint density at radius 1 is 1.22 bits per heavy atom. The van der Waals surface area contributed by atoms with Crippen molar-refractivity contribution in [3.8, 4) is 0 Å². The first kappa shape index (κ1) is 13.5.